The smallest absolute Gasteiger partial charge is 0.0959 e. The molecule has 1 aromatic heterocycles. The highest BCUT2D eigenvalue weighted by Gasteiger charge is 2.28. The van der Waals surface area contributed by atoms with Gasteiger partial charge < -0.3 is 5.32 Å². The summed E-state index contributed by atoms with van der Waals surface area (Å²) in [7, 11) is 0. The summed E-state index contributed by atoms with van der Waals surface area (Å²) in [6.07, 6.45) is 5.31. The molecular formula is C10H14N2S. The second kappa shape index (κ2) is 3.07. The van der Waals surface area contributed by atoms with Crippen LogP contribution in [0.1, 0.15) is 48.3 Å². The molecule has 2 fully saturated rings. The second-order valence-corrected chi connectivity index (χ2v) is 4.92. The quantitative estimate of drug-likeness (QED) is 0.782. The molecule has 1 N–H and O–H groups in total. The molecule has 0 radical (unpaired) electrons. The van der Waals surface area contributed by atoms with Gasteiger partial charge in [-0.3, -0.25) is 0 Å². The molecule has 1 saturated carbocycles. The van der Waals surface area contributed by atoms with Gasteiger partial charge in [-0.25, -0.2) is 4.98 Å². The fourth-order valence-corrected chi connectivity index (χ4v) is 2.96. The average Bonchev–Trinajstić information content (AvgIpc) is 2.72. The van der Waals surface area contributed by atoms with Gasteiger partial charge in [0, 0.05) is 11.3 Å². The fraction of sp³-hybridized carbons (Fsp3) is 0.700. The molecule has 0 aromatic carbocycles. The lowest BCUT2D eigenvalue weighted by molar-refractivity contribution is 0.629. The number of thiazole rings is 1. The Kier molecular flexibility index (Phi) is 1.87. The Hall–Kier alpha value is -0.410. The zero-order valence-corrected chi connectivity index (χ0v) is 8.44. The highest BCUT2D eigenvalue weighted by Crippen LogP contribution is 2.42. The number of hydrogen-bond donors (Lipinski definition) is 1. The Labute approximate surface area is 82.4 Å². The van der Waals surface area contributed by atoms with Crippen LogP contribution in [0.3, 0.4) is 0 Å². The van der Waals surface area contributed by atoms with E-state index in [0.29, 0.717) is 6.04 Å². The van der Waals surface area contributed by atoms with E-state index in [1.54, 1.807) is 0 Å². The zero-order valence-electron chi connectivity index (χ0n) is 7.62. The highest BCUT2D eigenvalue weighted by atomic mass is 32.1. The minimum Gasteiger partial charge on any atom is -0.309 e. The topological polar surface area (TPSA) is 24.9 Å². The minimum absolute atomic E-state index is 0.559. The van der Waals surface area contributed by atoms with Gasteiger partial charge in [-0.05, 0) is 32.2 Å². The van der Waals surface area contributed by atoms with Crippen molar-refractivity contribution in [2.24, 2.45) is 0 Å². The molecule has 2 aliphatic rings. The number of nitrogens with one attached hydrogen (secondary N) is 1. The molecule has 1 aliphatic carbocycles. The number of rotatable bonds is 2. The number of nitrogens with zero attached hydrogens (tertiary/aromatic N) is 1. The highest BCUT2D eigenvalue weighted by molar-refractivity contribution is 7.09. The summed E-state index contributed by atoms with van der Waals surface area (Å²) in [5, 5.41) is 7.11. The summed E-state index contributed by atoms with van der Waals surface area (Å²) >= 11 is 1.86. The largest absolute Gasteiger partial charge is 0.309 e. The van der Waals surface area contributed by atoms with E-state index in [2.05, 4.69) is 10.7 Å². The van der Waals surface area contributed by atoms with E-state index < -0.39 is 0 Å². The summed E-state index contributed by atoms with van der Waals surface area (Å²) in [6, 6.07) is 0.559. The first kappa shape index (κ1) is 7.94. The van der Waals surface area contributed by atoms with Crippen LogP contribution in [-0.4, -0.2) is 11.5 Å². The van der Waals surface area contributed by atoms with Crippen LogP contribution in [0.25, 0.3) is 0 Å². The molecule has 1 aliphatic heterocycles. The van der Waals surface area contributed by atoms with Crippen LogP contribution >= 0.6 is 11.3 Å². The van der Waals surface area contributed by atoms with E-state index in [1.165, 1.54) is 42.9 Å². The minimum atomic E-state index is 0.559. The maximum Gasteiger partial charge on any atom is 0.0959 e. The van der Waals surface area contributed by atoms with Gasteiger partial charge in [0.25, 0.3) is 0 Å². The third-order valence-electron chi connectivity index (χ3n) is 2.88. The first-order chi connectivity index (χ1) is 6.43. The lowest BCUT2D eigenvalue weighted by Crippen LogP contribution is -2.13. The van der Waals surface area contributed by atoms with Gasteiger partial charge in [0.1, 0.15) is 0 Å². The van der Waals surface area contributed by atoms with Crippen molar-refractivity contribution in [2.45, 2.75) is 37.6 Å². The van der Waals surface area contributed by atoms with E-state index >= 15 is 0 Å². The van der Waals surface area contributed by atoms with Gasteiger partial charge in [-0.15, -0.1) is 11.3 Å². The normalized spacial score (nSPS) is 28.2. The Balaban J connectivity index is 1.79. The van der Waals surface area contributed by atoms with E-state index in [4.69, 9.17) is 4.98 Å². The summed E-state index contributed by atoms with van der Waals surface area (Å²) in [6.45, 7) is 1.17. The molecule has 2 heterocycles. The molecule has 0 amide bonds. The van der Waals surface area contributed by atoms with Crippen LogP contribution in [-0.2, 0) is 0 Å². The Morgan fingerprint density at radius 2 is 2.31 bits per heavy atom. The zero-order chi connectivity index (χ0) is 8.67. The first-order valence-corrected chi connectivity index (χ1v) is 6.00. The first-order valence-electron chi connectivity index (χ1n) is 5.12. The molecule has 1 atom stereocenters. The summed E-state index contributed by atoms with van der Waals surface area (Å²) < 4.78 is 0. The molecule has 1 saturated heterocycles. The third-order valence-corrected chi connectivity index (χ3v) is 3.91. The summed E-state index contributed by atoms with van der Waals surface area (Å²) in [4.78, 5) is 4.71. The van der Waals surface area contributed by atoms with Crippen molar-refractivity contribution in [1.29, 1.82) is 0 Å². The van der Waals surface area contributed by atoms with Gasteiger partial charge in [-0.2, -0.15) is 0 Å². The summed E-state index contributed by atoms with van der Waals surface area (Å²) in [5.41, 5.74) is 1.30. The number of aromatic nitrogens is 1. The van der Waals surface area contributed by atoms with Crippen molar-refractivity contribution >= 4 is 11.3 Å². The molecule has 0 unspecified atom stereocenters. The Morgan fingerprint density at radius 3 is 3.00 bits per heavy atom. The van der Waals surface area contributed by atoms with E-state index in [1.807, 2.05) is 11.3 Å². The van der Waals surface area contributed by atoms with Crippen molar-refractivity contribution in [2.75, 3.05) is 6.54 Å². The molecular weight excluding hydrogens is 180 g/mol. The maximum atomic E-state index is 4.71. The van der Waals surface area contributed by atoms with E-state index in [9.17, 15) is 0 Å². The fourth-order valence-electron chi connectivity index (χ4n) is 1.92. The van der Waals surface area contributed by atoms with Crippen LogP contribution in [0.4, 0.5) is 0 Å². The standard InChI is InChI=1S/C10H14N2S/c1-2-8(11-5-1)9-6-13-10(12-9)7-3-4-7/h6-8,11H,1-5H2/t8-/m1/s1. The van der Waals surface area contributed by atoms with Gasteiger partial charge in [-0.1, -0.05) is 0 Å². The Morgan fingerprint density at radius 1 is 1.38 bits per heavy atom. The van der Waals surface area contributed by atoms with Crippen molar-refractivity contribution in [3.63, 3.8) is 0 Å². The van der Waals surface area contributed by atoms with Crippen LogP contribution in [0, 0.1) is 0 Å². The monoisotopic (exact) mass is 194 g/mol. The van der Waals surface area contributed by atoms with E-state index in [0.717, 1.165) is 5.92 Å². The van der Waals surface area contributed by atoms with Crippen LogP contribution in [0.15, 0.2) is 5.38 Å². The molecule has 1 aromatic rings. The van der Waals surface area contributed by atoms with Crippen LogP contribution < -0.4 is 5.32 Å². The number of hydrogen-bond acceptors (Lipinski definition) is 3. The SMILES string of the molecule is c1sc(C2CC2)nc1[C@H]1CCCN1. The van der Waals surface area contributed by atoms with Crippen molar-refractivity contribution in [3.8, 4) is 0 Å². The third kappa shape index (κ3) is 1.51. The molecule has 13 heavy (non-hydrogen) atoms. The molecule has 3 rings (SSSR count). The van der Waals surface area contributed by atoms with Crippen LogP contribution in [0.2, 0.25) is 0 Å². The lowest BCUT2D eigenvalue weighted by Gasteiger charge is -2.04. The molecule has 0 bridgehead atoms. The van der Waals surface area contributed by atoms with Crippen molar-refractivity contribution in [1.82, 2.24) is 10.3 Å². The molecule has 0 spiro atoms. The predicted molar refractivity (Wildman–Crippen MR) is 54.1 cm³/mol. The van der Waals surface area contributed by atoms with Crippen molar-refractivity contribution in [3.05, 3.63) is 16.1 Å². The van der Waals surface area contributed by atoms with E-state index in [-0.39, 0.29) is 0 Å². The maximum absolute atomic E-state index is 4.71. The second-order valence-electron chi connectivity index (χ2n) is 4.03. The lowest BCUT2D eigenvalue weighted by atomic mass is 10.2. The van der Waals surface area contributed by atoms with Gasteiger partial charge in [0.05, 0.1) is 16.7 Å². The van der Waals surface area contributed by atoms with Gasteiger partial charge in [0.2, 0.25) is 0 Å². The molecule has 3 heteroatoms. The van der Waals surface area contributed by atoms with Gasteiger partial charge >= 0.3 is 0 Å². The Bertz CT molecular complexity index is 298. The average molecular weight is 194 g/mol. The molecule has 70 valence electrons. The van der Waals surface area contributed by atoms with Crippen LogP contribution in [0.5, 0.6) is 0 Å². The van der Waals surface area contributed by atoms with Crippen molar-refractivity contribution < 1.29 is 0 Å². The summed E-state index contributed by atoms with van der Waals surface area (Å²) in [5.74, 6) is 0.820. The predicted octanol–water partition coefficient (Wildman–Crippen LogP) is 2.44. The molecule has 2 nitrogen and oxygen atoms in total. The van der Waals surface area contributed by atoms with Gasteiger partial charge in [0.15, 0.2) is 0 Å².